The van der Waals surface area contributed by atoms with E-state index in [9.17, 15) is 9.90 Å². The number of nitrogens with two attached hydrogens (primary N) is 1. The predicted molar refractivity (Wildman–Crippen MR) is 68.4 cm³/mol. The molecule has 0 fully saturated rings. The predicted octanol–water partition coefficient (Wildman–Crippen LogP) is 1.27. The number of carbonyl (C=O) groups is 1. The molecule has 1 amide bonds. The maximum absolute atomic E-state index is 11.9. The summed E-state index contributed by atoms with van der Waals surface area (Å²) >= 11 is 0. The molecule has 0 aliphatic carbocycles. The van der Waals surface area contributed by atoms with E-state index in [0.29, 0.717) is 11.4 Å². The molecule has 0 saturated carbocycles. The smallest absolute Gasteiger partial charge is 0.274 e. The standard InChI is InChI=1S/C12H14N4O2/c1-7-3-4-8(10(17)5-7)14-12(18)9-6-11(13)15-16(9)2/h3-6,17H,1-2H3,(H2,13,15)(H,14,18). The first-order chi connectivity index (χ1) is 8.47. The number of aromatic nitrogens is 2. The van der Waals surface area contributed by atoms with E-state index in [1.807, 2.05) is 6.92 Å². The van der Waals surface area contributed by atoms with E-state index in [1.165, 1.54) is 10.7 Å². The Hall–Kier alpha value is -2.50. The zero-order valence-corrected chi connectivity index (χ0v) is 10.1. The number of aryl methyl sites for hydroxylation is 2. The fourth-order valence-electron chi connectivity index (χ4n) is 1.64. The van der Waals surface area contributed by atoms with Gasteiger partial charge < -0.3 is 16.2 Å². The molecular weight excluding hydrogens is 232 g/mol. The minimum absolute atomic E-state index is 0.0264. The Balaban J connectivity index is 2.24. The van der Waals surface area contributed by atoms with Crippen molar-refractivity contribution in [2.75, 3.05) is 11.1 Å². The summed E-state index contributed by atoms with van der Waals surface area (Å²) in [6.07, 6.45) is 0. The summed E-state index contributed by atoms with van der Waals surface area (Å²) in [6, 6.07) is 6.49. The number of nitrogen functional groups attached to an aromatic ring is 1. The van der Waals surface area contributed by atoms with Crippen LogP contribution in [0.3, 0.4) is 0 Å². The average Bonchev–Trinajstić information content (AvgIpc) is 2.62. The molecule has 18 heavy (non-hydrogen) atoms. The molecule has 0 aliphatic heterocycles. The zero-order chi connectivity index (χ0) is 13.3. The van der Waals surface area contributed by atoms with Crippen molar-refractivity contribution in [3.63, 3.8) is 0 Å². The van der Waals surface area contributed by atoms with E-state index >= 15 is 0 Å². The summed E-state index contributed by atoms with van der Waals surface area (Å²) in [7, 11) is 1.63. The monoisotopic (exact) mass is 246 g/mol. The summed E-state index contributed by atoms with van der Waals surface area (Å²) < 4.78 is 1.38. The van der Waals surface area contributed by atoms with E-state index < -0.39 is 0 Å². The lowest BCUT2D eigenvalue weighted by Crippen LogP contribution is -2.16. The van der Waals surface area contributed by atoms with E-state index in [4.69, 9.17) is 5.73 Å². The Bertz CT molecular complexity index is 604. The van der Waals surface area contributed by atoms with Crippen molar-refractivity contribution < 1.29 is 9.90 Å². The summed E-state index contributed by atoms with van der Waals surface area (Å²) in [5.74, 6) is -0.0740. The quantitative estimate of drug-likeness (QED) is 0.695. The van der Waals surface area contributed by atoms with Crippen molar-refractivity contribution in [1.82, 2.24) is 9.78 Å². The van der Waals surface area contributed by atoms with E-state index in [1.54, 1.807) is 25.2 Å². The number of aromatic hydroxyl groups is 1. The normalized spacial score (nSPS) is 10.3. The van der Waals surface area contributed by atoms with Gasteiger partial charge in [-0.2, -0.15) is 5.10 Å². The topological polar surface area (TPSA) is 93.2 Å². The van der Waals surface area contributed by atoms with Crippen LogP contribution >= 0.6 is 0 Å². The summed E-state index contributed by atoms with van der Waals surface area (Å²) in [6.45, 7) is 1.85. The number of amides is 1. The number of benzene rings is 1. The van der Waals surface area contributed by atoms with Gasteiger partial charge in [0.1, 0.15) is 17.3 Å². The van der Waals surface area contributed by atoms with Crippen LogP contribution in [0.4, 0.5) is 11.5 Å². The SMILES string of the molecule is Cc1ccc(NC(=O)c2cc(N)nn2C)c(O)c1. The average molecular weight is 246 g/mol. The molecule has 0 aliphatic rings. The van der Waals surface area contributed by atoms with Crippen LogP contribution in [0, 0.1) is 6.92 Å². The largest absolute Gasteiger partial charge is 0.506 e. The van der Waals surface area contributed by atoms with Crippen LogP contribution in [0.5, 0.6) is 5.75 Å². The molecule has 0 radical (unpaired) electrons. The van der Waals surface area contributed by atoms with Gasteiger partial charge in [-0.05, 0) is 24.6 Å². The maximum atomic E-state index is 11.9. The minimum Gasteiger partial charge on any atom is -0.506 e. The highest BCUT2D eigenvalue weighted by molar-refractivity contribution is 6.04. The molecule has 1 aromatic heterocycles. The Morgan fingerprint density at radius 3 is 2.72 bits per heavy atom. The molecule has 1 heterocycles. The van der Waals surface area contributed by atoms with Gasteiger partial charge in [0.2, 0.25) is 0 Å². The highest BCUT2D eigenvalue weighted by Crippen LogP contribution is 2.24. The molecule has 0 spiro atoms. The number of anilines is 2. The lowest BCUT2D eigenvalue weighted by molar-refractivity contribution is 0.101. The van der Waals surface area contributed by atoms with Gasteiger partial charge in [0.05, 0.1) is 5.69 Å². The lowest BCUT2D eigenvalue weighted by Gasteiger charge is -2.07. The third kappa shape index (κ3) is 2.27. The van der Waals surface area contributed by atoms with Crippen molar-refractivity contribution in [3.8, 4) is 5.75 Å². The Morgan fingerprint density at radius 1 is 1.44 bits per heavy atom. The summed E-state index contributed by atoms with van der Waals surface area (Å²) in [5.41, 5.74) is 7.09. The molecule has 0 saturated heterocycles. The highest BCUT2D eigenvalue weighted by atomic mass is 16.3. The van der Waals surface area contributed by atoms with Crippen LogP contribution < -0.4 is 11.1 Å². The number of nitrogens with one attached hydrogen (secondary N) is 1. The number of carbonyl (C=O) groups excluding carboxylic acids is 1. The first kappa shape index (κ1) is 12.0. The van der Waals surface area contributed by atoms with Crippen LogP contribution in [0.1, 0.15) is 16.1 Å². The Kier molecular flexibility index (Phi) is 2.93. The Morgan fingerprint density at radius 2 is 2.17 bits per heavy atom. The van der Waals surface area contributed by atoms with Crippen LogP contribution in [-0.4, -0.2) is 20.8 Å². The second kappa shape index (κ2) is 4.40. The molecule has 6 nitrogen and oxygen atoms in total. The fourth-order valence-corrected chi connectivity index (χ4v) is 1.64. The van der Waals surface area contributed by atoms with Crippen LogP contribution in [0.2, 0.25) is 0 Å². The van der Waals surface area contributed by atoms with Gasteiger partial charge in [-0.1, -0.05) is 6.07 Å². The molecule has 94 valence electrons. The molecule has 0 atom stereocenters. The molecule has 0 bridgehead atoms. The molecule has 6 heteroatoms. The fraction of sp³-hybridized carbons (Fsp3) is 0.167. The molecular formula is C12H14N4O2. The zero-order valence-electron chi connectivity index (χ0n) is 10.1. The lowest BCUT2D eigenvalue weighted by atomic mass is 10.2. The second-order valence-electron chi connectivity index (χ2n) is 4.05. The second-order valence-corrected chi connectivity index (χ2v) is 4.05. The number of phenolic OH excluding ortho intramolecular Hbond substituents is 1. The number of nitrogens with zero attached hydrogens (tertiary/aromatic N) is 2. The van der Waals surface area contributed by atoms with Crippen molar-refractivity contribution in [1.29, 1.82) is 0 Å². The maximum Gasteiger partial charge on any atom is 0.274 e. The van der Waals surface area contributed by atoms with Crippen LogP contribution in [0.15, 0.2) is 24.3 Å². The Labute approximate surface area is 104 Å². The number of phenols is 1. The van der Waals surface area contributed by atoms with Gasteiger partial charge >= 0.3 is 0 Å². The number of hydrogen-bond donors (Lipinski definition) is 3. The summed E-state index contributed by atoms with van der Waals surface area (Å²) in [4.78, 5) is 11.9. The van der Waals surface area contributed by atoms with E-state index in [2.05, 4.69) is 10.4 Å². The van der Waals surface area contributed by atoms with Gasteiger partial charge in [-0.25, -0.2) is 0 Å². The third-order valence-corrected chi connectivity index (χ3v) is 2.53. The molecule has 2 rings (SSSR count). The first-order valence-electron chi connectivity index (χ1n) is 5.38. The minimum atomic E-state index is -0.374. The van der Waals surface area contributed by atoms with Crippen LogP contribution in [-0.2, 0) is 7.05 Å². The summed E-state index contributed by atoms with van der Waals surface area (Å²) in [5, 5.41) is 16.2. The first-order valence-corrected chi connectivity index (χ1v) is 5.38. The van der Waals surface area contributed by atoms with Gasteiger partial charge in [-0.3, -0.25) is 9.48 Å². The van der Waals surface area contributed by atoms with Crippen molar-refractivity contribution in [3.05, 3.63) is 35.5 Å². The molecule has 0 unspecified atom stereocenters. The van der Waals surface area contributed by atoms with Gasteiger partial charge in [0.25, 0.3) is 5.91 Å². The van der Waals surface area contributed by atoms with Gasteiger partial charge in [0, 0.05) is 13.1 Å². The van der Waals surface area contributed by atoms with Crippen LogP contribution in [0.25, 0.3) is 0 Å². The molecule has 2 aromatic rings. The van der Waals surface area contributed by atoms with Gasteiger partial charge in [0.15, 0.2) is 0 Å². The van der Waals surface area contributed by atoms with Crippen molar-refractivity contribution >= 4 is 17.4 Å². The van der Waals surface area contributed by atoms with E-state index in [-0.39, 0.29) is 17.5 Å². The molecule has 4 N–H and O–H groups in total. The van der Waals surface area contributed by atoms with Crippen molar-refractivity contribution in [2.45, 2.75) is 6.92 Å². The van der Waals surface area contributed by atoms with Crippen molar-refractivity contribution in [2.24, 2.45) is 7.05 Å². The number of hydrogen-bond acceptors (Lipinski definition) is 4. The number of rotatable bonds is 2. The molecule has 1 aromatic carbocycles. The highest BCUT2D eigenvalue weighted by Gasteiger charge is 2.13. The van der Waals surface area contributed by atoms with Gasteiger partial charge in [-0.15, -0.1) is 0 Å². The van der Waals surface area contributed by atoms with E-state index in [0.717, 1.165) is 5.56 Å². The third-order valence-electron chi connectivity index (χ3n) is 2.53.